The van der Waals surface area contributed by atoms with Crippen molar-refractivity contribution in [3.63, 3.8) is 0 Å². The molecule has 0 aliphatic rings. The van der Waals surface area contributed by atoms with Gasteiger partial charge >= 0.3 is 12.1 Å². The highest BCUT2D eigenvalue weighted by molar-refractivity contribution is 8.16. The number of carboxylic acid groups (broad SMARTS) is 1. The number of alkyl halides is 3. The molecule has 0 unspecified atom stereocenters. The van der Waals surface area contributed by atoms with Gasteiger partial charge in [-0.2, -0.15) is 13.2 Å². The number of carboxylic acids is 1. The van der Waals surface area contributed by atoms with Gasteiger partial charge < -0.3 is 14.6 Å². The van der Waals surface area contributed by atoms with Gasteiger partial charge in [-0.15, -0.1) is 19.4 Å². The summed E-state index contributed by atoms with van der Waals surface area (Å²) in [6.07, 6.45) is 11.7. The van der Waals surface area contributed by atoms with Crippen molar-refractivity contribution < 1.29 is 32.5 Å². The first kappa shape index (κ1) is 32.8. The van der Waals surface area contributed by atoms with Crippen LogP contribution in [0.4, 0.5) is 13.2 Å². The van der Waals surface area contributed by atoms with Crippen LogP contribution in [0, 0.1) is 25.2 Å². The lowest BCUT2D eigenvalue weighted by atomic mass is 10.1. The zero-order valence-electron chi connectivity index (χ0n) is 19.2. The van der Waals surface area contributed by atoms with Gasteiger partial charge in [0.1, 0.15) is 11.5 Å². The number of hydrogen-bond acceptors (Lipinski definition) is 5. The Labute approximate surface area is 203 Å². The molecule has 0 heterocycles. The predicted octanol–water partition coefficient (Wildman–Crippen LogP) is 7.04. The van der Waals surface area contributed by atoms with E-state index in [9.17, 15) is 18.0 Å². The Hall–Kier alpha value is -3.38. The maximum absolute atomic E-state index is 11.0. The lowest BCUT2D eigenvalue weighted by molar-refractivity contribution is -0.139. The van der Waals surface area contributed by atoms with Crippen molar-refractivity contribution >= 4 is 28.9 Å². The van der Waals surface area contributed by atoms with E-state index < -0.39 is 25.2 Å². The number of terminal acetylenes is 1. The number of nitrogens with one attached hydrogen (secondary N) is 1. The zero-order valence-corrected chi connectivity index (χ0v) is 20.0. The number of allylic oxidation sites excluding steroid dienone is 4. The molecule has 1 rings (SSSR count). The molecule has 0 radical (unpaired) electrons. The van der Waals surface area contributed by atoms with E-state index in [1.165, 1.54) is 11.8 Å². The summed E-state index contributed by atoms with van der Waals surface area (Å²) in [5.74, 6) is 0.0962. The fourth-order valence-corrected chi connectivity index (χ4v) is 2.55. The highest BCUT2D eigenvalue weighted by Gasteiger charge is 2.23. The van der Waals surface area contributed by atoms with Gasteiger partial charge in [-0.05, 0) is 37.0 Å². The molecule has 0 aliphatic carbocycles. The molecule has 9 heteroatoms. The molecule has 0 saturated carbocycles. The minimum Gasteiger partial charge on any atom is -0.493 e. The Bertz CT molecular complexity index is 875. The minimum atomic E-state index is -4.07. The number of hydrogen-bond donors (Lipinski definition) is 2. The summed E-state index contributed by atoms with van der Waals surface area (Å²) in [7, 11) is 0. The van der Waals surface area contributed by atoms with Crippen LogP contribution in [0.3, 0.4) is 0 Å². The molecule has 186 valence electrons. The second kappa shape index (κ2) is 19.1. The fourth-order valence-electron chi connectivity index (χ4n) is 2.01. The van der Waals surface area contributed by atoms with Crippen LogP contribution in [0.25, 0.3) is 6.08 Å². The molecule has 0 amide bonds. The number of rotatable bonds is 11. The summed E-state index contributed by atoms with van der Waals surface area (Å²) in [5.41, 5.74) is 1.50. The lowest BCUT2D eigenvalue weighted by Crippen LogP contribution is -2.10. The number of aliphatic carboxylic acids is 1. The quantitative estimate of drug-likeness (QED) is 0.113. The molecular formula is C25H30F3NO4S. The largest absolute Gasteiger partial charge is 0.493 e. The second-order valence-corrected chi connectivity index (χ2v) is 7.14. The van der Waals surface area contributed by atoms with Crippen LogP contribution >= 0.6 is 11.8 Å². The van der Waals surface area contributed by atoms with Gasteiger partial charge in [0.15, 0.2) is 6.61 Å². The van der Waals surface area contributed by atoms with Crippen LogP contribution in [0.2, 0.25) is 0 Å². The molecule has 34 heavy (non-hydrogen) atoms. The van der Waals surface area contributed by atoms with Gasteiger partial charge in [0.25, 0.3) is 0 Å². The summed E-state index contributed by atoms with van der Waals surface area (Å²) in [6.45, 7) is 10.4. The first-order valence-corrected chi connectivity index (χ1v) is 10.7. The van der Waals surface area contributed by atoms with Crippen LogP contribution in [0.5, 0.6) is 11.5 Å². The molecule has 0 fully saturated rings. The van der Waals surface area contributed by atoms with E-state index >= 15 is 0 Å². The molecule has 2 N–H and O–H groups in total. The highest BCUT2D eigenvalue weighted by Crippen LogP contribution is 2.29. The third-order valence-electron chi connectivity index (χ3n) is 3.43. The maximum Gasteiger partial charge on any atom is 0.392 e. The number of aryl methyl sites for hydroxylation is 1. The fraction of sp³-hybridized carbons (Fsp3) is 0.280. The number of halogens is 3. The SMILES string of the molecule is C#C.C=CCC(F)(F)F.C=Cc1cc(OCC(=O)O)c(C)cc1OCCC(=N)S/C=C/C=C/C. The normalized spacial score (nSPS) is 10.4. The maximum atomic E-state index is 11.0. The summed E-state index contributed by atoms with van der Waals surface area (Å²) < 4.78 is 44.0. The van der Waals surface area contributed by atoms with Crippen molar-refractivity contribution in [2.24, 2.45) is 0 Å². The molecule has 0 atom stereocenters. The first-order chi connectivity index (χ1) is 16.0. The molecule has 0 spiro atoms. The van der Waals surface area contributed by atoms with Gasteiger partial charge in [-0.1, -0.05) is 48.7 Å². The monoisotopic (exact) mass is 497 g/mol. The molecule has 0 saturated heterocycles. The average molecular weight is 498 g/mol. The summed E-state index contributed by atoms with van der Waals surface area (Å²) in [6, 6.07) is 3.50. The van der Waals surface area contributed by atoms with Crippen LogP contribution in [0.1, 0.15) is 30.9 Å². The van der Waals surface area contributed by atoms with Gasteiger partial charge in [-0.25, -0.2) is 4.79 Å². The Balaban J connectivity index is 0. The van der Waals surface area contributed by atoms with Crippen molar-refractivity contribution in [2.75, 3.05) is 13.2 Å². The molecule has 0 aliphatic heterocycles. The number of thioether (sulfide) groups is 1. The van der Waals surface area contributed by atoms with E-state index in [0.717, 1.165) is 17.2 Å². The highest BCUT2D eigenvalue weighted by atomic mass is 32.2. The smallest absolute Gasteiger partial charge is 0.392 e. The Morgan fingerprint density at radius 3 is 2.32 bits per heavy atom. The average Bonchev–Trinajstić information content (AvgIpc) is 2.77. The van der Waals surface area contributed by atoms with Crippen molar-refractivity contribution in [1.82, 2.24) is 0 Å². The minimum absolute atomic E-state index is 0.374. The Morgan fingerprint density at radius 2 is 1.85 bits per heavy atom. The Kier molecular flexibility index (Phi) is 18.4. The van der Waals surface area contributed by atoms with E-state index in [-0.39, 0.29) is 0 Å². The third kappa shape index (κ3) is 17.2. The topological polar surface area (TPSA) is 79.6 Å². The van der Waals surface area contributed by atoms with E-state index in [0.29, 0.717) is 29.6 Å². The van der Waals surface area contributed by atoms with Gasteiger partial charge in [0.05, 0.1) is 18.1 Å². The van der Waals surface area contributed by atoms with Gasteiger partial charge in [0.2, 0.25) is 0 Å². The van der Waals surface area contributed by atoms with Crippen molar-refractivity contribution in [3.05, 3.63) is 66.1 Å². The Morgan fingerprint density at radius 1 is 1.21 bits per heavy atom. The first-order valence-electron chi connectivity index (χ1n) is 9.81. The van der Waals surface area contributed by atoms with E-state index in [1.54, 1.807) is 18.2 Å². The predicted molar refractivity (Wildman–Crippen MR) is 135 cm³/mol. The van der Waals surface area contributed by atoms with Gasteiger partial charge in [-0.3, -0.25) is 5.41 Å². The third-order valence-corrected chi connectivity index (χ3v) is 4.22. The zero-order chi connectivity index (χ0) is 26.6. The molecule has 1 aromatic carbocycles. The molecule has 0 aromatic heterocycles. The molecule has 1 aromatic rings. The number of carbonyl (C=O) groups is 1. The van der Waals surface area contributed by atoms with Crippen LogP contribution in [0.15, 0.2) is 55.0 Å². The summed E-state index contributed by atoms with van der Waals surface area (Å²) in [5, 5.41) is 18.9. The van der Waals surface area contributed by atoms with Crippen LogP contribution in [-0.2, 0) is 4.79 Å². The van der Waals surface area contributed by atoms with Crippen molar-refractivity contribution in [1.29, 1.82) is 5.41 Å². The second-order valence-electron chi connectivity index (χ2n) is 6.14. The molecule has 0 bridgehead atoms. The van der Waals surface area contributed by atoms with Crippen LogP contribution < -0.4 is 9.47 Å². The molecular weight excluding hydrogens is 467 g/mol. The van der Waals surface area contributed by atoms with E-state index in [2.05, 4.69) is 26.0 Å². The van der Waals surface area contributed by atoms with E-state index in [1.807, 2.05) is 37.5 Å². The number of ether oxygens (including phenoxy) is 2. The van der Waals surface area contributed by atoms with Crippen LogP contribution in [-0.4, -0.2) is 35.5 Å². The standard InChI is InChI=1S/C19H23NO4S.C4H5F3.C2H2/c1-4-6-7-10-25-18(20)8-9-23-17-11-14(3)16(12-15(17)5-2)24-13-19(21)22;1-2-3-4(5,6)7;1-2/h4-7,10-12,20H,2,8-9,13H2,1,3H3,(H,21,22);2H,1,3H2;1-2H/b6-4+,10-7+,20-18?;;. The van der Waals surface area contributed by atoms with Gasteiger partial charge in [0, 0.05) is 12.0 Å². The summed E-state index contributed by atoms with van der Waals surface area (Å²) >= 11 is 1.35. The lowest BCUT2D eigenvalue weighted by Gasteiger charge is -2.14. The van der Waals surface area contributed by atoms with E-state index in [4.69, 9.17) is 20.0 Å². The number of benzene rings is 1. The summed E-state index contributed by atoms with van der Waals surface area (Å²) in [4.78, 5) is 10.6. The van der Waals surface area contributed by atoms with Crippen molar-refractivity contribution in [2.45, 2.75) is 32.9 Å². The van der Waals surface area contributed by atoms with Crippen molar-refractivity contribution in [3.8, 4) is 24.3 Å². The molecule has 5 nitrogen and oxygen atoms in total.